The highest BCUT2D eigenvalue weighted by molar-refractivity contribution is 6.30. The van der Waals surface area contributed by atoms with Crippen LogP contribution >= 0.6 is 11.6 Å². The van der Waals surface area contributed by atoms with E-state index in [2.05, 4.69) is 4.74 Å². The van der Waals surface area contributed by atoms with Gasteiger partial charge in [-0.1, -0.05) is 17.7 Å². The molecule has 0 fully saturated rings. The average molecular weight is 274 g/mol. The van der Waals surface area contributed by atoms with Crippen molar-refractivity contribution in [3.05, 3.63) is 28.8 Å². The first-order chi connectivity index (χ1) is 8.45. The molecule has 0 radical (unpaired) electrons. The molecule has 0 spiro atoms. The molecule has 2 unspecified atom stereocenters. The smallest absolute Gasteiger partial charge is 0.308 e. The van der Waals surface area contributed by atoms with Crippen molar-refractivity contribution in [1.82, 2.24) is 0 Å². The second-order valence-corrected chi connectivity index (χ2v) is 4.23. The summed E-state index contributed by atoms with van der Waals surface area (Å²) in [7, 11) is 0. The number of benzene rings is 1. The number of hydrogen-bond acceptors (Lipinski definition) is 5. The lowest BCUT2D eigenvalue weighted by Gasteiger charge is -2.19. The summed E-state index contributed by atoms with van der Waals surface area (Å²) >= 11 is 5.73. The fourth-order valence-electron chi connectivity index (χ4n) is 1.52. The first-order valence-electron chi connectivity index (χ1n) is 5.52. The summed E-state index contributed by atoms with van der Waals surface area (Å²) in [6.07, 6.45) is -2.82. The van der Waals surface area contributed by atoms with E-state index in [9.17, 15) is 15.0 Å². The molecule has 0 heterocycles. The van der Waals surface area contributed by atoms with Gasteiger partial charge in [-0.25, -0.2) is 0 Å². The van der Waals surface area contributed by atoms with Gasteiger partial charge in [0.1, 0.15) is 6.10 Å². The van der Waals surface area contributed by atoms with E-state index in [1.54, 1.807) is 13.0 Å². The number of carbonyl (C=O) groups is 1. The van der Waals surface area contributed by atoms with Crippen LogP contribution in [-0.2, 0) is 9.53 Å². The first-order valence-corrected chi connectivity index (χ1v) is 5.90. The summed E-state index contributed by atoms with van der Waals surface area (Å²) in [4.78, 5) is 11.2. The molecule has 1 rings (SSSR count). The number of nitrogens with two attached hydrogens (primary N) is 1. The molecule has 0 aliphatic carbocycles. The molecule has 0 aliphatic rings. The molecule has 0 saturated carbocycles. The molecular formula is C12H16ClNO4. The van der Waals surface area contributed by atoms with Crippen molar-refractivity contribution in [3.63, 3.8) is 0 Å². The molecule has 2 atom stereocenters. The summed E-state index contributed by atoms with van der Waals surface area (Å²) in [6, 6.07) is 4.53. The van der Waals surface area contributed by atoms with Crippen LogP contribution in [0.3, 0.4) is 0 Å². The number of halogens is 1. The second kappa shape index (κ2) is 6.58. The average Bonchev–Trinajstić information content (AvgIpc) is 2.28. The van der Waals surface area contributed by atoms with E-state index in [1.165, 1.54) is 12.1 Å². The van der Waals surface area contributed by atoms with Crippen molar-refractivity contribution in [1.29, 1.82) is 0 Å². The maximum Gasteiger partial charge on any atom is 0.308 e. The lowest BCUT2D eigenvalue weighted by atomic mass is 10.0. The summed E-state index contributed by atoms with van der Waals surface area (Å²) in [5.74, 6) is -0.573. The highest BCUT2D eigenvalue weighted by atomic mass is 35.5. The topological polar surface area (TPSA) is 92.8 Å². The zero-order chi connectivity index (χ0) is 13.7. The first kappa shape index (κ1) is 14.8. The van der Waals surface area contributed by atoms with E-state index in [4.69, 9.17) is 17.3 Å². The number of ether oxygens (including phenoxy) is 1. The predicted molar refractivity (Wildman–Crippen MR) is 68.1 cm³/mol. The van der Waals surface area contributed by atoms with Gasteiger partial charge in [-0.05, 0) is 19.1 Å². The largest absolute Gasteiger partial charge is 0.466 e. The molecule has 1 aromatic rings. The van der Waals surface area contributed by atoms with Gasteiger partial charge in [0.2, 0.25) is 0 Å². The van der Waals surface area contributed by atoms with Gasteiger partial charge in [0.25, 0.3) is 0 Å². The maximum absolute atomic E-state index is 11.2. The van der Waals surface area contributed by atoms with Gasteiger partial charge in [0.15, 0.2) is 0 Å². The van der Waals surface area contributed by atoms with Crippen LogP contribution in [0, 0.1) is 0 Å². The summed E-state index contributed by atoms with van der Waals surface area (Å²) in [5, 5.41) is 20.1. The van der Waals surface area contributed by atoms with Crippen molar-refractivity contribution >= 4 is 23.3 Å². The summed E-state index contributed by atoms with van der Waals surface area (Å²) in [5.41, 5.74) is 6.27. The number of hydrogen-bond donors (Lipinski definition) is 3. The minimum Gasteiger partial charge on any atom is -0.466 e. The Kier molecular flexibility index (Phi) is 5.40. The molecule has 0 amide bonds. The Bertz CT molecular complexity index is 425. The minimum atomic E-state index is -1.27. The van der Waals surface area contributed by atoms with E-state index in [1.807, 2.05) is 0 Å². The standard InChI is InChI=1S/C12H16ClNO4/c1-2-18-11(16)6-10(15)12(17)8-4-3-7(13)5-9(8)14/h3-5,10,12,15,17H,2,6,14H2,1H3. The molecule has 0 bridgehead atoms. The molecular weight excluding hydrogens is 258 g/mol. The Balaban J connectivity index is 2.73. The fraction of sp³-hybridized carbons (Fsp3) is 0.417. The molecule has 18 heavy (non-hydrogen) atoms. The molecule has 0 aromatic heterocycles. The highest BCUT2D eigenvalue weighted by Gasteiger charge is 2.23. The number of carbonyl (C=O) groups excluding carboxylic acids is 1. The van der Waals surface area contributed by atoms with Gasteiger partial charge in [0, 0.05) is 16.3 Å². The van der Waals surface area contributed by atoms with Crippen LogP contribution in [0.1, 0.15) is 25.0 Å². The lowest BCUT2D eigenvalue weighted by molar-refractivity contribution is -0.147. The molecule has 100 valence electrons. The Morgan fingerprint density at radius 2 is 2.17 bits per heavy atom. The van der Waals surface area contributed by atoms with Crippen molar-refractivity contribution < 1.29 is 19.7 Å². The van der Waals surface area contributed by atoms with Crippen molar-refractivity contribution in [2.75, 3.05) is 12.3 Å². The van der Waals surface area contributed by atoms with Crippen LogP contribution in [0.4, 0.5) is 5.69 Å². The molecule has 0 aliphatic heterocycles. The van der Waals surface area contributed by atoms with Crippen molar-refractivity contribution in [2.24, 2.45) is 0 Å². The Morgan fingerprint density at radius 1 is 1.50 bits per heavy atom. The lowest BCUT2D eigenvalue weighted by Crippen LogP contribution is -2.23. The van der Waals surface area contributed by atoms with Gasteiger partial charge in [-0.15, -0.1) is 0 Å². The number of anilines is 1. The monoisotopic (exact) mass is 273 g/mol. The molecule has 5 nitrogen and oxygen atoms in total. The third kappa shape index (κ3) is 3.87. The normalized spacial score (nSPS) is 14.0. The molecule has 1 aromatic carbocycles. The summed E-state index contributed by atoms with van der Waals surface area (Å²) in [6.45, 7) is 1.89. The van der Waals surface area contributed by atoms with Crippen LogP contribution < -0.4 is 5.73 Å². The zero-order valence-electron chi connectivity index (χ0n) is 9.97. The summed E-state index contributed by atoms with van der Waals surface area (Å²) < 4.78 is 4.69. The van der Waals surface area contributed by atoms with E-state index in [0.29, 0.717) is 10.6 Å². The van der Waals surface area contributed by atoms with Crippen molar-refractivity contribution in [2.45, 2.75) is 25.6 Å². The van der Waals surface area contributed by atoms with Crippen molar-refractivity contribution in [3.8, 4) is 0 Å². The number of esters is 1. The second-order valence-electron chi connectivity index (χ2n) is 3.79. The molecule has 6 heteroatoms. The van der Waals surface area contributed by atoms with Gasteiger partial charge >= 0.3 is 5.97 Å². The van der Waals surface area contributed by atoms with Crippen LogP contribution in [-0.4, -0.2) is 28.9 Å². The van der Waals surface area contributed by atoms with Gasteiger partial charge in [0.05, 0.1) is 19.1 Å². The number of rotatable bonds is 5. The van der Waals surface area contributed by atoms with Crippen LogP contribution in [0.2, 0.25) is 5.02 Å². The van der Waals surface area contributed by atoms with Crippen LogP contribution in [0.5, 0.6) is 0 Å². The quantitative estimate of drug-likeness (QED) is 0.555. The third-order valence-corrected chi connectivity index (χ3v) is 2.65. The zero-order valence-corrected chi connectivity index (χ0v) is 10.7. The number of nitrogen functional groups attached to an aromatic ring is 1. The Hall–Kier alpha value is -1.30. The van der Waals surface area contributed by atoms with E-state index < -0.39 is 18.2 Å². The molecule has 4 N–H and O–H groups in total. The van der Waals surface area contributed by atoms with Gasteiger partial charge in [-0.3, -0.25) is 4.79 Å². The fourth-order valence-corrected chi connectivity index (χ4v) is 1.71. The Morgan fingerprint density at radius 3 is 2.72 bits per heavy atom. The van der Waals surface area contributed by atoms with Crippen LogP contribution in [0.15, 0.2) is 18.2 Å². The number of aliphatic hydroxyl groups excluding tert-OH is 2. The predicted octanol–water partition coefficient (Wildman–Crippen LogP) is 1.27. The van der Waals surface area contributed by atoms with Crippen LogP contribution in [0.25, 0.3) is 0 Å². The highest BCUT2D eigenvalue weighted by Crippen LogP contribution is 2.27. The van der Waals surface area contributed by atoms with E-state index in [0.717, 1.165) is 0 Å². The maximum atomic E-state index is 11.2. The minimum absolute atomic E-state index is 0.227. The third-order valence-electron chi connectivity index (χ3n) is 2.41. The number of aliphatic hydroxyl groups is 2. The molecule has 0 saturated heterocycles. The van der Waals surface area contributed by atoms with Gasteiger partial charge in [-0.2, -0.15) is 0 Å². The Labute approximate surface area is 110 Å². The van der Waals surface area contributed by atoms with Gasteiger partial charge < -0.3 is 20.7 Å². The SMILES string of the molecule is CCOC(=O)CC(O)C(O)c1ccc(Cl)cc1N. The van der Waals surface area contributed by atoms with E-state index in [-0.39, 0.29) is 18.7 Å². The van der Waals surface area contributed by atoms with E-state index >= 15 is 0 Å².